The van der Waals surface area contributed by atoms with Gasteiger partial charge in [-0.05, 0) is 51.9 Å². The molecule has 0 spiro atoms. The van der Waals surface area contributed by atoms with Crippen LogP contribution in [0.1, 0.15) is 44.3 Å². The van der Waals surface area contributed by atoms with E-state index in [0.29, 0.717) is 0 Å². The molecule has 3 heterocycles. The van der Waals surface area contributed by atoms with Gasteiger partial charge in [0.2, 0.25) is 5.91 Å². The van der Waals surface area contributed by atoms with E-state index in [2.05, 4.69) is 20.3 Å². The predicted octanol–water partition coefficient (Wildman–Crippen LogP) is 1.98. The molecule has 0 bridgehead atoms. The molecule has 1 saturated heterocycles. The predicted molar refractivity (Wildman–Crippen MR) is 89.0 cm³/mol. The van der Waals surface area contributed by atoms with Gasteiger partial charge in [-0.15, -0.1) is 0 Å². The van der Waals surface area contributed by atoms with E-state index in [1.54, 1.807) is 6.26 Å². The topological polar surface area (TPSA) is 76.2 Å². The molecule has 7 heteroatoms. The molecule has 1 aliphatic heterocycles. The Labute approximate surface area is 142 Å². The van der Waals surface area contributed by atoms with Crippen LogP contribution in [0.5, 0.6) is 0 Å². The van der Waals surface area contributed by atoms with Gasteiger partial charge in [-0.3, -0.25) is 9.69 Å². The first-order valence-corrected chi connectivity index (χ1v) is 8.60. The van der Waals surface area contributed by atoms with Crippen molar-refractivity contribution in [2.45, 2.75) is 45.8 Å². The van der Waals surface area contributed by atoms with Gasteiger partial charge >= 0.3 is 0 Å². The molecule has 0 aliphatic carbocycles. The maximum atomic E-state index is 12.5. The molecule has 1 fully saturated rings. The number of aromatic nitrogens is 3. The average molecular weight is 331 g/mol. The number of furan rings is 1. The number of nitrogens with zero attached hydrogens (tertiary/aromatic N) is 4. The van der Waals surface area contributed by atoms with Gasteiger partial charge in [0.25, 0.3) is 0 Å². The van der Waals surface area contributed by atoms with Crippen molar-refractivity contribution in [2.24, 2.45) is 5.92 Å². The van der Waals surface area contributed by atoms with Gasteiger partial charge in [0.05, 0.1) is 18.8 Å². The Hall–Kier alpha value is -2.15. The molecule has 130 valence electrons. The van der Waals surface area contributed by atoms with Crippen molar-refractivity contribution in [2.75, 3.05) is 13.1 Å². The summed E-state index contributed by atoms with van der Waals surface area (Å²) in [5.74, 6) is 1.97. The summed E-state index contributed by atoms with van der Waals surface area (Å²) < 4.78 is 7.21. The molecule has 3 rings (SSSR count). The Morgan fingerprint density at radius 1 is 1.46 bits per heavy atom. The lowest BCUT2D eigenvalue weighted by Gasteiger charge is -2.31. The SMILES string of the molecule is CCn1ncnc1C(C)NC(=O)C1CCN(Cc2ccco2)CC1. The van der Waals surface area contributed by atoms with Crippen molar-refractivity contribution in [1.29, 1.82) is 0 Å². The Bertz CT molecular complexity index is 644. The fraction of sp³-hybridized carbons (Fsp3) is 0.588. The number of hydrogen-bond donors (Lipinski definition) is 1. The van der Waals surface area contributed by atoms with Crippen LogP contribution in [0.15, 0.2) is 29.1 Å². The normalized spacial score (nSPS) is 17.8. The molecule has 1 amide bonds. The maximum absolute atomic E-state index is 12.5. The van der Waals surface area contributed by atoms with Crippen LogP contribution >= 0.6 is 0 Å². The highest BCUT2D eigenvalue weighted by atomic mass is 16.3. The van der Waals surface area contributed by atoms with E-state index in [9.17, 15) is 4.79 Å². The summed E-state index contributed by atoms with van der Waals surface area (Å²) in [6.07, 6.45) is 4.99. The smallest absolute Gasteiger partial charge is 0.223 e. The first-order valence-electron chi connectivity index (χ1n) is 8.60. The minimum Gasteiger partial charge on any atom is -0.468 e. The van der Waals surface area contributed by atoms with Crippen molar-refractivity contribution in [1.82, 2.24) is 25.0 Å². The summed E-state index contributed by atoms with van der Waals surface area (Å²) in [5.41, 5.74) is 0. The fourth-order valence-electron chi connectivity index (χ4n) is 3.22. The van der Waals surface area contributed by atoms with Crippen molar-refractivity contribution < 1.29 is 9.21 Å². The van der Waals surface area contributed by atoms with Crippen molar-refractivity contribution in [3.63, 3.8) is 0 Å². The van der Waals surface area contributed by atoms with E-state index >= 15 is 0 Å². The van der Waals surface area contributed by atoms with Crippen LogP contribution in [0.4, 0.5) is 0 Å². The van der Waals surface area contributed by atoms with Gasteiger partial charge in [0, 0.05) is 12.5 Å². The highest BCUT2D eigenvalue weighted by molar-refractivity contribution is 5.79. The van der Waals surface area contributed by atoms with E-state index in [-0.39, 0.29) is 17.9 Å². The minimum atomic E-state index is -0.124. The second-order valence-electron chi connectivity index (χ2n) is 6.29. The Kier molecular flexibility index (Phi) is 5.30. The van der Waals surface area contributed by atoms with Crippen LogP contribution in [0.2, 0.25) is 0 Å². The number of amides is 1. The lowest BCUT2D eigenvalue weighted by molar-refractivity contribution is -0.127. The van der Waals surface area contributed by atoms with Gasteiger partial charge in [-0.1, -0.05) is 0 Å². The quantitative estimate of drug-likeness (QED) is 0.876. The Balaban J connectivity index is 1.48. The lowest BCUT2D eigenvalue weighted by atomic mass is 9.95. The molecule has 2 aromatic heterocycles. The number of nitrogens with one attached hydrogen (secondary N) is 1. The zero-order valence-corrected chi connectivity index (χ0v) is 14.3. The third kappa shape index (κ3) is 3.84. The fourth-order valence-corrected chi connectivity index (χ4v) is 3.22. The molecule has 0 radical (unpaired) electrons. The number of likely N-dealkylation sites (tertiary alicyclic amines) is 1. The molecule has 1 aliphatic rings. The molecule has 1 atom stereocenters. The van der Waals surface area contributed by atoms with Crippen LogP contribution in [0.3, 0.4) is 0 Å². The number of hydrogen-bond acceptors (Lipinski definition) is 5. The molecule has 2 aromatic rings. The third-order valence-corrected chi connectivity index (χ3v) is 4.61. The van der Waals surface area contributed by atoms with Crippen LogP contribution in [0, 0.1) is 5.92 Å². The molecule has 24 heavy (non-hydrogen) atoms. The minimum absolute atomic E-state index is 0.0679. The molecule has 7 nitrogen and oxygen atoms in total. The summed E-state index contributed by atoms with van der Waals surface area (Å²) in [4.78, 5) is 19.1. The number of carbonyl (C=O) groups is 1. The van der Waals surface area contributed by atoms with E-state index in [1.165, 1.54) is 6.33 Å². The average Bonchev–Trinajstić information content (AvgIpc) is 3.26. The molecule has 0 saturated carbocycles. The molecular formula is C17H25N5O2. The number of piperidine rings is 1. The first kappa shape index (κ1) is 16.7. The molecular weight excluding hydrogens is 306 g/mol. The summed E-state index contributed by atoms with van der Waals surface area (Å²) in [6, 6.07) is 3.78. The molecule has 1 N–H and O–H groups in total. The number of carbonyl (C=O) groups excluding carboxylic acids is 1. The van der Waals surface area contributed by atoms with E-state index in [0.717, 1.165) is 50.6 Å². The van der Waals surface area contributed by atoms with Gasteiger partial charge in [0.1, 0.15) is 17.9 Å². The van der Waals surface area contributed by atoms with Gasteiger partial charge in [-0.25, -0.2) is 9.67 Å². The number of aryl methyl sites for hydroxylation is 1. The standard InChI is InChI=1S/C17H25N5O2/c1-3-22-16(18-12-19-22)13(2)20-17(23)14-6-8-21(9-7-14)11-15-5-4-10-24-15/h4-5,10,12-14H,3,6-9,11H2,1-2H3,(H,20,23). The summed E-state index contributed by atoms with van der Waals surface area (Å²) in [5, 5.41) is 7.25. The largest absolute Gasteiger partial charge is 0.468 e. The van der Waals surface area contributed by atoms with E-state index in [1.807, 2.05) is 30.7 Å². The van der Waals surface area contributed by atoms with Gasteiger partial charge in [0.15, 0.2) is 0 Å². The summed E-state index contributed by atoms with van der Waals surface area (Å²) in [6.45, 7) is 7.37. The monoisotopic (exact) mass is 331 g/mol. The highest BCUT2D eigenvalue weighted by Gasteiger charge is 2.27. The lowest BCUT2D eigenvalue weighted by Crippen LogP contribution is -2.41. The number of rotatable bonds is 6. The molecule has 1 unspecified atom stereocenters. The Morgan fingerprint density at radius 2 is 2.25 bits per heavy atom. The van der Waals surface area contributed by atoms with Crippen LogP contribution in [-0.2, 0) is 17.9 Å². The second kappa shape index (κ2) is 7.61. The highest BCUT2D eigenvalue weighted by Crippen LogP contribution is 2.20. The summed E-state index contributed by atoms with van der Waals surface area (Å²) in [7, 11) is 0. The second-order valence-corrected chi connectivity index (χ2v) is 6.29. The van der Waals surface area contributed by atoms with E-state index in [4.69, 9.17) is 4.42 Å². The summed E-state index contributed by atoms with van der Waals surface area (Å²) >= 11 is 0. The van der Waals surface area contributed by atoms with Crippen molar-refractivity contribution in [3.05, 3.63) is 36.3 Å². The Morgan fingerprint density at radius 3 is 2.92 bits per heavy atom. The van der Waals surface area contributed by atoms with Gasteiger partial charge < -0.3 is 9.73 Å². The van der Waals surface area contributed by atoms with E-state index < -0.39 is 0 Å². The maximum Gasteiger partial charge on any atom is 0.223 e. The van der Waals surface area contributed by atoms with Crippen LogP contribution in [0.25, 0.3) is 0 Å². The van der Waals surface area contributed by atoms with Crippen LogP contribution < -0.4 is 5.32 Å². The first-order chi connectivity index (χ1) is 11.7. The zero-order chi connectivity index (χ0) is 16.9. The zero-order valence-electron chi connectivity index (χ0n) is 14.3. The van der Waals surface area contributed by atoms with Crippen LogP contribution in [-0.4, -0.2) is 38.7 Å². The van der Waals surface area contributed by atoms with Crippen molar-refractivity contribution in [3.8, 4) is 0 Å². The molecule has 0 aromatic carbocycles. The van der Waals surface area contributed by atoms with Crippen molar-refractivity contribution >= 4 is 5.91 Å². The van der Waals surface area contributed by atoms with Gasteiger partial charge in [-0.2, -0.15) is 5.10 Å². The third-order valence-electron chi connectivity index (χ3n) is 4.61.